The second-order valence-corrected chi connectivity index (χ2v) is 7.92. The Morgan fingerprint density at radius 1 is 0.438 bits per heavy atom. The fourth-order valence-electron chi connectivity index (χ4n) is 3.71. The molecule has 4 rings (SSSR count). The molecule has 0 saturated heterocycles. The molecule has 32 heavy (non-hydrogen) atoms. The zero-order valence-corrected chi connectivity index (χ0v) is 17.7. The van der Waals surface area contributed by atoms with Crippen LogP contribution in [0.15, 0.2) is 91.0 Å². The summed E-state index contributed by atoms with van der Waals surface area (Å²) in [4.78, 5) is 0. The number of phenolic OH excluding ortho intramolecular Hbond substituents is 3. The first kappa shape index (κ1) is 21.3. The third-order valence-electron chi connectivity index (χ3n) is 5.34. The summed E-state index contributed by atoms with van der Waals surface area (Å²) >= 11 is 0. The summed E-state index contributed by atoms with van der Waals surface area (Å²) in [7, 11) is 0. The Hall–Kier alpha value is -3.92. The summed E-state index contributed by atoms with van der Waals surface area (Å²) in [5.74, 6) is 2.01. The minimum Gasteiger partial charge on any atom is -0.508 e. The predicted molar refractivity (Wildman–Crippen MR) is 126 cm³/mol. The number of aromatic hydroxyl groups is 3. The van der Waals surface area contributed by atoms with Gasteiger partial charge >= 0.3 is 0 Å². The van der Waals surface area contributed by atoms with E-state index in [0.29, 0.717) is 5.75 Å². The first-order valence-electron chi connectivity index (χ1n) is 10.7. The van der Waals surface area contributed by atoms with Gasteiger partial charge < -0.3 is 20.1 Å². The van der Waals surface area contributed by atoms with E-state index in [1.807, 2.05) is 54.6 Å². The molecular weight excluding hydrogens is 400 g/mol. The molecule has 0 heterocycles. The molecule has 3 N–H and O–H groups in total. The van der Waals surface area contributed by atoms with Gasteiger partial charge in [-0.3, -0.25) is 0 Å². The zero-order valence-electron chi connectivity index (χ0n) is 17.7. The van der Waals surface area contributed by atoms with Crippen LogP contribution in [0.2, 0.25) is 0 Å². The molecule has 0 unspecified atom stereocenters. The summed E-state index contributed by atoms with van der Waals surface area (Å²) in [6.07, 6.45) is 3.24. The number of hydrogen-bond donors (Lipinski definition) is 3. The van der Waals surface area contributed by atoms with Crippen LogP contribution in [0, 0.1) is 0 Å². The van der Waals surface area contributed by atoms with Crippen molar-refractivity contribution in [2.24, 2.45) is 0 Å². The van der Waals surface area contributed by atoms with Gasteiger partial charge in [0.2, 0.25) is 0 Å². The van der Waals surface area contributed by atoms with Gasteiger partial charge in [0.05, 0.1) is 0 Å². The van der Waals surface area contributed by atoms with Crippen LogP contribution in [0.1, 0.15) is 22.3 Å². The Kier molecular flexibility index (Phi) is 6.61. The average molecular weight is 427 g/mol. The highest BCUT2D eigenvalue weighted by molar-refractivity contribution is 5.38. The highest BCUT2D eigenvalue weighted by atomic mass is 16.5. The highest BCUT2D eigenvalue weighted by Crippen LogP contribution is 2.25. The summed E-state index contributed by atoms with van der Waals surface area (Å²) < 4.78 is 6.03. The number of phenols is 3. The molecule has 0 saturated carbocycles. The average Bonchev–Trinajstić information content (AvgIpc) is 2.77. The molecule has 4 aromatic carbocycles. The van der Waals surface area contributed by atoms with E-state index in [4.69, 9.17) is 4.74 Å². The van der Waals surface area contributed by atoms with Crippen LogP contribution in [-0.4, -0.2) is 15.3 Å². The lowest BCUT2D eigenvalue weighted by molar-refractivity contribution is 0.449. The fourth-order valence-corrected chi connectivity index (χ4v) is 3.71. The van der Waals surface area contributed by atoms with E-state index in [1.54, 1.807) is 24.3 Å². The van der Waals surface area contributed by atoms with Gasteiger partial charge in [-0.1, -0.05) is 36.4 Å². The molecule has 0 amide bonds. The Morgan fingerprint density at radius 3 is 1.69 bits per heavy atom. The molecule has 0 fully saturated rings. The summed E-state index contributed by atoms with van der Waals surface area (Å²) in [6.45, 7) is 0. The van der Waals surface area contributed by atoms with E-state index >= 15 is 0 Å². The number of benzene rings is 4. The Balaban J connectivity index is 1.33. The van der Waals surface area contributed by atoms with Crippen LogP contribution in [0.4, 0.5) is 0 Å². The monoisotopic (exact) mass is 426 g/mol. The molecule has 0 aromatic heterocycles. The molecule has 0 spiro atoms. The molecule has 0 radical (unpaired) electrons. The highest BCUT2D eigenvalue weighted by Gasteiger charge is 2.04. The van der Waals surface area contributed by atoms with Crippen LogP contribution < -0.4 is 4.74 Å². The van der Waals surface area contributed by atoms with Gasteiger partial charge in [0.25, 0.3) is 0 Å². The largest absolute Gasteiger partial charge is 0.508 e. The third kappa shape index (κ3) is 6.05. The third-order valence-corrected chi connectivity index (χ3v) is 5.34. The van der Waals surface area contributed by atoms with Crippen LogP contribution in [0.3, 0.4) is 0 Å². The van der Waals surface area contributed by atoms with Crippen molar-refractivity contribution in [2.45, 2.75) is 25.7 Å². The van der Waals surface area contributed by atoms with E-state index < -0.39 is 0 Å². The van der Waals surface area contributed by atoms with Crippen molar-refractivity contribution in [3.8, 4) is 28.7 Å². The predicted octanol–water partition coefficient (Wildman–Crippen LogP) is 6.17. The van der Waals surface area contributed by atoms with Crippen molar-refractivity contribution in [3.05, 3.63) is 113 Å². The van der Waals surface area contributed by atoms with Crippen molar-refractivity contribution in [2.75, 3.05) is 0 Å². The van der Waals surface area contributed by atoms with Crippen molar-refractivity contribution in [3.63, 3.8) is 0 Å². The van der Waals surface area contributed by atoms with Crippen molar-refractivity contribution < 1.29 is 20.1 Å². The lowest BCUT2D eigenvalue weighted by Gasteiger charge is -2.09. The first-order valence-corrected chi connectivity index (χ1v) is 10.7. The SMILES string of the molecule is Oc1cccc(CCc2cccc(Oc3ccc(CCc4cc(O)cc(O)c4)cc3)c2)c1. The lowest BCUT2D eigenvalue weighted by Crippen LogP contribution is -1.93. The van der Waals surface area contributed by atoms with E-state index in [-0.39, 0.29) is 11.5 Å². The van der Waals surface area contributed by atoms with E-state index in [9.17, 15) is 15.3 Å². The molecule has 162 valence electrons. The van der Waals surface area contributed by atoms with Gasteiger partial charge in [-0.25, -0.2) is 0 Å². The van der Waals surface area contributed by atoms with Crippen LogP contribution >= 0.6 is 0 Å². The molecule has 0 aliphatic carbocycles. The molecule has 4 nitrogen and oxygen atoms in total. The van der Waals surface area contributed by atoms with E-state index in [2.05, 4.69) is 6.07 Å². The van der Waals surface area contributed by atoms with E-state index in [0.717, 1.165) is 53.9 Å². The van der Waals surface area contributed by atoms with Crippen molar-refractivity contribution >= 4 is 0 Å². The molecule has 4 aromatic rings. The topological polar surface area (TPSA) is 69.9 Å². The normalized spacial score (nSPS) is 10.8. The first-order chi connectivity index (χ1) is 15.5. The van der Waals surface area contributed by atoms with Gasteiger partial charge in [0.1, 0.15) is 28.7 Å². The number of hydrogen-bond acceptors (Lipinski definition) is 4. The molecule has 0 bridgehead atoms. The van der Waals surface area contributed by atoms with Gasteiger partial charge in [0.15, 0.2) is 0 Å². The van der Waals surface area contributed by atoms with Crippen LogP contribution in [-0.2, 0) is 25.7 Å². The maximum absolute atomic E-state index is 9.61. The minimum atomic E-state index is 0.0768. The van der Waals surface area contributed by atoms with Gasteiger partial charge in [-0.05, 0) is 96.5 Å². The smallest absolute Gasteiger partial charge is 0.127 e. The number of ether oxygens (including phenoxy) is 1. The van der Waals surface area contributed by atoms with Gasteiger partial charge in [-0.2, -0.15) is 0 Å². The summed E-state index contributed by atoms with van der Waals surface area (Å²) in [5, 5.41) is 28.8. The summed E-state index contributed by atoms with van der Waals surface area (Å²) in [5.41, 5.74) is 4.33. The van der Waals surface area contributed by atoms with Crippen LogP contribution in [0.25, 0.3) is 0 Å². The van der Waals surface area contributed by atoms with Crippen molar-refractivity contribution in [1.29, 1.82) is 0 Å². The van der Waals surface area contributed by atoms with Crippen LogP contribution in [0.5, 0.6) is 28.7 Å². The molecule has 0 aliphatic heterocycles. The Morgan fingerprint density at radius 2 is 1.00 bits per heavy atom. The lowest BCUT2D eigenvalue weighted by atomic mass is 10.0. The van der Waals surface area contributed by atoms with Crippen molar-refractivity contribution in [1.82, 2.24) is 0 Å². The molecule has 0 atom stereocenters. The van der Waals surface area contributed by atoms with Gasteiger partial charge in [-0.15, -0.1) is 0 Å². The summed E-state index contributed by atoms with van der Waals surface area (Å²) in [6, 6.07) is 28.1. The Bertz CT molecular complexity index is 1160. The number of aryl methyl sites for hydroxylation is 4. The quantitative estimate of drug-likeness (QED) is 0.315. The molecular formula is C28H26O4. The minimum absolute atomic E-state index is 0.0768. The molecule has 4 heteroatoms. The maximum Gasteiger partial charge on any atom is 0.127 e. The van der Waals surface area contributed by atoms with Gasteiger partial charge in [0, 0.05) is 6.07 Å². The molecule has 0 aliphatic rings. The van der Waals surface area contributed by atoms with E-state index in [1.165, 1.54) is 11.6 Å². The fraction of sp³-hybridized carbons (Fsp3) is 0.143. The second-order valence-electron chi connectivity index (χ2n) is 7.92. The Labute approximate surface area is 188 Å². The maximum atomic E-state index is 9.61. The standard InChI is InChI=1S/C28H26O4/c29-24-5-1-3-21(15-24)8-9-22-4-2-6-28(18-22)32-27-13-11-20(12-14-27)7-10-23-16-25(30)19-26(31)17-23/h1-6,11-19,29-31H,7-10H2. The second kappa shape index (κ2) is 9.92. The zero-order chi connectivity index (χ0) is 22.3. The number of rotatable bonds is 8.